The number of nitrogens with zero attached hydrogens (tertiary/aromatic N) is 3. The maximum atomic E-state index is 5.38. The van der Waals surface area contributed by atoms with Crippen molar-refractivity contribution in [1.29, 1.82) is 0 Å². The van der Waals surface area contributed by atoms with Crippen molar-refractivity contribution in [2.45, 2.75) is 13.5 Å². The number of hydrogen-bond acceptors (Lipinski definition) is 4. The van der Waals surface area contributed by atoms with Crippen LogP contribution in [0, 0.1) is 11.7 Å². The fourth-order valence-electron chi connectivity index (χ4n) is 2.11. The average molecular weight is 286 g/mol. The second kappa shape index (κ2) is 5.05. The number of aryl methyl sites for hydroxylation is 1. The summed E-state index contributed by atoms with van der Waals surface area (Å²) in [6.45, 7) is 2.60. The molecule has 5 nitrogen and oxygen atoms in total. The first-order valence-corrected chi connectivity index (χ1v) is 6.63. The van der Waals surface area contributed by atoms with Gasteiger partial charge in [0.15, 0.2) is 10.4 Å². The quantitative estimate of drug-likeness (QED) is 0.752. The van der Waals surface area contributed by atoms with Crippen molar-refractivity contribution >= 4 is 23.4 Å². The summed E-state index contributed by atoms with van der Waals surface area (Å²) in [7, 11) is 1.61. The Morgan fingerprint density at radius 2 is 2.20 bits per heavy atom. The molecule has 0 spiro atoms. The van der Waals surface area contributed by atoms with Crippen molar-refractivity contribution in [3.63, 3.8) is 0 Å². The molecule has 0 radical (unpaired) electrons. The van der Waals surface area contributed by atoms with Crippen molar-refractivity contribution in [3.05, 3.63) is 46.5 Å². The molecule has 0 fully saturated rings. The molecule has 3 heterocycles. The first-order chi connectivity index (χ1) is 9.67. The third-order valence-corrected chi connectivity index (χ3v) is 3.43. The van der Waals surface area contributed by atoms with E-state index in [-0.39, 0.29) is 0 Å². The number of fused-ring (bicyclic) bond motifs is 1. The van der Waals surface area contributed by atoms with E-state index in [0.29, 0.717) is 17.2 Å². The highest BCUT2D eigenvalue weighted by atomic mass is 32.1. The minimum Gasteiger partial charge on any atom is -0.481 e. The van der Waals surface area contributed by atoms with Crippen LogP contribution < -0.4 is 4.74 Å². The van der Waals surface area contributed by atoms with Crippen molar-refractivity contribution in [2.24, 2.45) is 0 Å². The standard InChI is InChI=1S/C14H14N4OS/c1-9-3-4-11-13(16-9)18(14(20)17-11)8-10-5-6-15-12(7-10)19-2/h3-7H,8H2,1-2H3,(H,17,20). The van der Waals surface area contributed by atoms with E-state index in [2.05, 4.69) is 15.0 Å². The van der Waals surface area contributed by atoms with Crippen molar-refractivity contribution in [3.8, 4) is 5.88 Å². The van der Waals surface area contributed by atoms with Crippen LogP contribution in [0.1, 0.15) is 11.3 Å². The van der Waals surface area contributed by atoms with E-state index >= 15 is 0 Å². The Morgan fingerprint density at radius 1 is 1.35 bits per heavy atom. The minimum absolute atomic E-state index is 0.595. The van der Waals surface area contributed by atoms with E-state index in [1.54, 1.807) is 13.3 Å². The zero-order chi connectivity index (χ0) is 14.1. The second-order valence-electron chi connectivity index (χ2n) is 4.55. The van der Waals surface area contributed by atoms with Crippen LogP contribution in [0.3, 0.4) is 0 Å². The lowest BCUT2D eigenvalue weighted by Gasteiger charge is -2.06. The third-order valence-electron chi connectivity index (χ3n) is 3.11. The maximum Gasteiger partial charge on any atom is 0.213 e. The summed E-state index contributed by atoms with van der Waals surface area (Å²) in [6, 6.07) is 7.81. The van der Waals surface area contributed by atoms with Gasteiger partial charge in [0.05, 0.1) is 19.2 Å². The van der Waals surface area contributed by atoms with E-state index in [1.807, 2.05) is 35.8 Å². The van der Waals surface area contributed by atoms with Gasteiger partial charge in [-0.2, -0.15) is 0 Å². The molecule has 3 aromatic rings. The Morgan fingerprint density at radius 3 is 3.00 bits per heavy atom. The summed E-state index contributed by atoms with van der Waals surface area (Å²) in [6.07, 6.45) is 1.73. The number of nitrogens with one attached hydrogen (secondary N) is 1. The largest absolute Gasteiger partial charge is 0.481 e. The summed E-state index contributed by atoms with van der Waals surface area (Å²) in [5, 5.41) is 0. The number of aromatic amines is 1. The average Bonchev–Trinajstić information content (AvgIpc) is 2.75. The third kappa shape index (κ3) is 2.30. The molecule has 0 aliphatic rings. The molecule has 1 N–H and O–H groups in total. The van der Waals surface area contributed by atoms with Gasteiger partial charge in [-0.15, -0.1) is 0 Å². The topological polar surface area (TPSA) is 55.7 Å². The van der Waals surface area contributed by atoms with Gasteiger partial charge in [-0.25, -0.2) is 9.97 Å². The highest BCUT2D eigenvalue weighted by molar-refractivity contribution is 7.71. The van der Waals surface area contributed by atoms with Crippen LogP contribution in [0.5, 0.6) is 5.88 Å². The molecule has 0 unspecified atom stereocenters. The van der Waals surface area contributed by atoms with Gasteiger partial charge in [-0.05, 0) is 42.9 Å². The number of rotatable bonds is 3. The number of pyridine rings is 2. The molecule has 3 rings (SSSR count). The summed E-state index contributed by atoms with van der Waals surface area (Å²) in [5.74, 6) is 0.595. The van der Waals surface area contributed by atoms with Crippen molar-refractivity contribution in [1.82, 2.24) is 19.5 Å². The summed E-state index contributed by atoms with van der Waals surface area (Å²) in [4.78, 5) is 11.8. The Labute approximate surface area is 121 Å². The smallest absolute Gasteiger partial charge is 0.213 e. The monoisotopic (exact) mass is 286 g/mol. The first kappa shape index (κ1) is 12.8. The van der Waals surface area contributed by atoms with Crippen LogP contribution in [0.4, 0.5) is 0 Å². The molecule has 0 atom stereocenters. The fourth-order valence-corrected chi connectivity index (χ4v) is 2.38. The van der Waals surface area contributed by atoms with Gasteiger partial charge in [0.2, 0.25) is 5.88 Å². The molecule has 0 saturated carbocycles. The SMILES string of the molecule is COc1cc(Cn2c(=S)[nH]c3ccc(C)nc32)ccn1. The van der Waals surface area contributed by atoms with Crippen molar-refractivity contribution < 1.29 is 4.74 Å². The van der Waals surface area contributed by atoms with Gasteiger partial charge in [-0.1, -0.05) is 0 Å². The summed E-state index contributed by atoms with van der Waals surface area (Å²) >= 11 is 5.38. The summed E-state index contributed by atoms with van der Waals surface area (Å²) in [5.41, 5.74) is 3.84. The molecule has 20 heavy (non-hydrogen) atoms. The van der Waals surface area contributed by atoms with Gasteiger partial charge in [-0.3, -0.25) is 4.57 Å². The minimum atomic E-state index is 0.595. The molecule has 0 saturated heterocycles. The Bertz CT molecular complexity index is 821. The number of ether oxygens (including phenoxy) is 1. The zero-order valence-electron chi connectivity index (χ0n) is 11.3. The molecule has 102 valence electrons. The van der Waals surface area contributed by atoms with Crippen molar-refractivity contribution in [2.75, 3.05) is 7.11 Å². The van der Waals surface area contributed by atoms with E-state index < -0.39 is 0 Å². The van der Waals surface area contributed by atoms with Gasteiger partial charge in [0.25, 0.3) is 0 Å². The number of hydrogen-bond donors (Lipinski definition) is 1. The first-order valence-electron chi connectivity index (χ1n) is 6.22. The highest BCUT2D eigenvalue weighted by Gasteiger charge is 2.07. The fraction of sp³-hybridized carbons (Fsp3) is 0.214. The lowest BCUT2D eigenvalue weighted by molar-refractivity contribution is 0.397. The molecule has 6 heteroatoms. The number of methoxy groups -OCH3 is 1. The highest BCUT2D eigenvalue weighted by Crippen LogP contribution is 2.16. The van der Waals surface area contributed by atoms with E-state index in [9.17, 15) is 0 Å². The molecule has 0 aliphatic carbocycles. The van der Waals surface area contributed by atoms with Gasteiger partial charge in [0, 0.05) is 18.0 Å². The second-order valence-corrected chi connectivity index (χ2v) is 4.93. The van der Waals surface area contributed by atoms with Gasteiger partial charge >= 0.3 is 0 Å². The Hall–Kier alpha value is -2.21. The summed E-state index contributed by atoms with van der Waals surface area (Å²) < 4.78 is 7.78. The molecular formula is C14H14N4OS. The maximum absolute atomic E-state index is 5.38. The molecule has 0 amide bonds. The van der Waals surface area contributed by atoms with Gasteiger partial charge in [0.1, 0.15) is 0 Å². The lowest BCUT2D eigenvalue weighted by Crippen LogP contribution is -2.02. The number of H-pyrrole nitrogens is 1. The van der Waals surface area contributed by atoms with Crippen LogP contribution in [-0.2, 0) is 6.54 Å². The Balaban J connectivity index is 2.07. The van der Waals surface area contributed by atoms with Crippen LogP contribution in [0.15, 0.2) is 30.5 Å². The molecule has 0 aliphatic heterocycles. The van der Waals surface area contributed by atoms with Crippen LogP contribution in [0.25, 0.3) is 11.2 Å². The van der Waals surface area contributed by atoms with E-state index in [0.717, 1.165) is 22.4 Å². The zero-order valence-corrected chi connectivity index (χ0v) is 12.1. The van der Waals surface area contributed by atoms with E-state index in [4.69, 9.17) is 17.0 Å². The molecule has 0 aromatic carbocycles. The Kier molecular flexibility index (Phi) is 3.23. The number of aromatic nitrogens is 4. The van der Waals surface area contributed by atoms with Gasteiger partial charge < -0.3 is 9.72 Å². The predicted molar refractivity (Wildman–Crippen MR) is 79.5 cm³/mol. The molecule has 0 bridgehead atoms. The normalized spacial score (nSPS) is 10.9. The number of imidazole rings is 1. The lowest BCUT2D eigenvalue weighted by atomic mass is 10.2. The van der Waals surface area contributed by atoms with Crippen LogP contribution in [-0.4, -0.2) is 26.6 Å². The predicted octanol–water partition coefficient (Wildman–Crippen LogP) is 2.85. The van der Waals surface area contributed by atoms with Crippen LogP contribution in [0.2, 0.25) is 0 Å². The molecular weight excluding hydrogens is 272 g/mol. The van der Waals surface area contributed by atoms with Crippen LogP contribution >= 0.6 is 12.2 Å². The van der Waals surface area contributed by atoms with E-state index in [1.165, 1.54) is 0 Å². The molecule has 3 aromatic heterocycles.